The van der Waals surface area contributed by atoms with Crippen molar-refractivity contribution in [2.24, 2.45) is 0 Å². The fourth-order valence-electron chi connectivity index (χ4n) is 3.21. The molecular weight excluding hydrogens is 342 g/mol. The largest absolute Gasteiger partial charge is 0.352 e. The lowest BCUT2D eigenvalue weighted by atomic mass is 10.2. The number of hydrogen-bond acceptors (Lipinski definition) is 8. The van der Waals surface area contributed by atoms with Gasteiger partial charge in [0.1, 0.15) is 12.1 Å². The second-order valence-electron chi connectivity index (χ2n) is 6.32. The van der Waals surface area contributed by atoms with Gasteiger partial charge in [0.15, 0.2) is 11.5 Å². The third-order valence-corrected chi connectivity index (χ3v) is 4.68. The van der Waals surface area contributed by atoms with E-state index in [1.807, 2.05) is 36.4 Å². The topological polar surface area (TPSA) is 88.2 Å². The Morgan fingerprint density at radius 2 is 1.59 bits per heavy atom. The summed E-state index contributed by atoms with van der Waals surface area (Å²) in [4.78, 5) is 8.63. The van der Waals surface area contributed by atoms with E-state index in [-0.39, 0.29) is 0 Å². The first kappa shape index (κ1) is 15.6. The molecule has 9 nitrogen and oxygen atoms in total. The minimum absolute atomic E-state index is 0.751. The van der Waals surface area contributed by atoms with Gasteiger partial charge >= 0.3 is 0 Å². The Hall–Kier alpha value is -3.62. The number of anilines is 2. The van der Waals surface area contributed by atoms with Crippen LogP contribution in [-0.4, -0.2) is 61.2 Å². The van der Waals surface area contributed by atoms with Gasteiger partial charge in [-0.1, -0.05) is 0 Å². The van der Waals surface area contributed by atoms with Gasteiger partial charge in [0.2, 0.25) is 0 Å². The zero-order valence-electron chi connectivity index (χ0n) is 14.5. The molecule has 0 atom stereocenters. The van der Waals surface area contributed by atoms with Gasteiger partial charge in [-0.15, -0.1) is 25.5 Å². The van der Waals surface area contributed by atoms with Crippen molar-refractivity contribution >= 4 is 17.3 Å². The molecule has 1 saturated heterocycles. The van der Waals surface area contributed by atoms with E-state index in [1.165, 1.54) is 0 Å². The second kappa shape index (κ2) is 6.60. The molecule has 27 heavy (non-hydrogen) atoms. The summed E-state index contributed by atoms with van der Waals surface area (Å²) in [6.07, 6.45) is 5.16. The Morgan fingerprint density at radius 1 is 0.778 bits per heavy atom. The van der Waals surface area contributed by atoms with Gasteiger partial charge in [0.25, 0.3) is 0 Å². The van der Waals surface area contributed by atoms with E-state index in [0.29, 0.717) is 0 Å². The van der Waals surface area contributed by atoms with E-state index >= 15 is 0 Å². The molecule has 0 N–H and O–H groups in total. The van der Waals surface area contributed by atoms with Gasteiger partial charge in [-0.3, -0.25) is 4.98 Å². The van der Waals surface area contributed by atoms with Gasteiger partial charge < -0.3 is 9.80 Å². The van der Waals surface area contributed by atoms with Crippen LogP contribution in [0.15, 0.2) is 55.1 Å². The molecule has 4 aromatic heterocycles. The van der Waals surface area contributed by atoms with Crippen molar-refractivity contribution < 1.29 is 0 Å². The van der Waals surface area contributed by atoms with Crippen LogP contribution in [0.25, 0.3) is 16.9 Å². The summed E-state index contributed by atoms with van der Waals surface area (Å²) < 4.78 is 1.70. The van der Waals surface area contributed by atoms with E-state index in [9.17, 15) is 0 Å². The molecule has 0 aliphatic carbocycles. The first-order chi connectivity index (χ1) is 13.4. The zero-order chi connectivity index (χ0) is 18.1. The second-order valence-corrected chi connectivity index (χ2v) is 6.32. The third-order valence-electron chi connectivity index (χ3n) is 4.68. The maximum Gasteiger partial charge on any atom is 0.177 e. The summed E-state index contributed by atoms with van der Waals surface area (Å²) in [5.74, 6) is 1.82. The van der Waals surface area contributed by atoms with Gasteiger partial charge in [0.05, 0.1) is 5.69 Å². The fourth-order valence-corrected chi connectivity index (χ4v) is 3.21. The summed E-state index contributed by atoms with van der Waals surface area (Å²) in [6, 6.07) is 11.8. The molecule has 0 radical (unpaired) electrons. The van der Waals surface area contributed by atoms with E-state index in [2.05, 4.69) is 40.3 Å². The monoisotopic (exact) mass is 359 g/mol. The standard InChI is InChI=1S/C18H17N9/c1-2-14(12-19-7-1)15-3-4-16(23-21-15)25-8-10-26(11-9-25)18-6-5-17-22-20-13-27(17)24-18/h1-7,12-13H,8-11H2. The summed E-state index contributed by atoms with van der Waals surface area (Å²) in [7, 11) is 0. The van der Waals surface area contributed by atoms with Crippen molar-refractivity contribution in [1.29, 1.82) is 0 Å². The lowest BCUT2D eigenvalue weighted by Gasteiger charge is -2.35. The average molecular weight is 359 g/mol. The molecule has 5 heterocycles. The molecular formula is C18H17N9. The summed E-state index contributed by atoms with van der Waals surface area (Å²) in [5, 5.41) is 21.2. The number of piperazine rings is 1. The first-order valence-electron chi connectivity index (χ1n) is 8.78. The van der Waals surface area contributed by atoms with Crippen LogP contribution in [0, 0.1) is 0 Å². The molecule has 5 rings (SSSR count). The van der Waals surface area contributed by atoms with Crippen molar-refractivity contribution in [2.45, 2.75) is 0 Å². The molecule has 0 spiro atoms. The first-order valence-corrected chi connectivity index (χ1v) is 8.78. The Bertz CT molecular complexity index is 1040. The molecule has 0 saturated carbocycles. The number of aromatic nitrogens is 7. The normalized spacial score (nSPS) is 14.7. The predicted octanol–water partition coefficient (Wildman–Crippen LogP) is 1.30. The van der Waals surface area contributed by atoms with Crippen molar-refractivity contribution in [1.82, 2.24) is 35.0 Å². The van der Waals surface area contributed by atoms with Crippen LogP contribution in [0.3, 0.4) is 0 Å². The van der Waals surface area contributed by atoms with Crippen LogP contribution >= 0.6 is 0 Å². The zero-order valence-corrected chi connectivity index (χ0v) is 14.5. The van der Waals surface area contributed by atoms with Crippen LogP contribution in [-0.2, 0) is 0 Å². The van der Waals surface area contributed by atoms with Gasteiger partial charge in [-0.25, -0.2) is 0 Å². The van der Waals surface area contributed by atoms with E-state index in [0.717, 1.165) is 54.7 Å². The summed E-state index contributed by atoms with van der Waals surface area (Å²) in [6.45, 7) is 3.46. The molecule has 1 fully saturated rings. The average Bonchev–Trinajstić information content (AvgIpc) is 3.23. The highest BCUT2D eigenvalue weighted by molar-refractivity contribution is 5.58. The maximum atomic E-state index is 4.57. The van der Waals surface area contributed by atoms with Crippen LogP contribution in [0.2, 0.25) is 0 Å². The third kappa shape index (κ3) is 3.03. The smallest absolute Gasteiger partial charge is 0.177 e. The number of fused-ring (bicyclic) bond motifs is 1. The van der Waals surface area contributed by atoms with E-state index in [4.69, 9.17) is 0 Å². The van der Waals surface area contributed by atoms with Crippen molar-refractivity contribution in [3.8, 4) is 11.3 Å². The quantitative estimate of drug-likeness (QED) is 0.541. The lowest BCUT2D eigenvalue weighted by Crippen LogP contribution is -2.47. The molecule has 4 aromatic rings. The number of hydrogen-bond donors (Lipinski definition) is 0. The van der Waals surface area contributed by atoms with E-state index in [1.54, 1.807) is 23.2 Å². The minimum atomic E-state index is 0.751. The summed E-state index contributed by atoms with van der Waals surface area (Å²) >= 11 is 0. The lowest BCUT2D eigenvalue weighted by molar-refractivity contribution is 0.633. The molecule has 0 amide bonds. The molecule has 9 heteroatoms. The van der Waals surface area contributed by atoms with Crippen LogP contribution in [0.4, 0.5) is 11.6 Å². The molecule has 0 bridgehead atoms. The minimum Gasteiger partial charge on any atom is -0.352 e. The molecule has 134 valence electrons. The van der Waals surface area contributed by atoms with Crippen molar-refractivity contribution in [3.05, 3.63) is 55.1 Å². The SMILES string of the molecule is c1cncc(-c2ccc(N3CCN(c4ccc5nncn5n4)CC3)nn2)c1. The number of rotatable bonds is 3. The Kier molecular flexibility index (Phi) is 3.82. The van der Waals surface area contributed by atoms with Crippen LogP contribution in [0.5, 0.6) is 0 Å². The van der Waals surface area contributed by atoms with Crippen LogP contribution in [0.1, 0.15) is 0 Å². The summed E-state index contributed by atoms with van der Waals surface area (Å²) in [5.41, 5.74) is 2.55. The Balaban J connectivity index is 1.27. The molecule has 0 unspecified atom stereocenters. The molecule has 1 aliphatic heterocycles. The highest BCUT2D eigenvalue weighted by Gasteiger charge is 2.20. The maximum absolute atomic E-state index is 4.57. The number of pyridine rings is 1. The molecule has 0 aromatic carbocycles. The Morgan fingerprint density at radius 3 is 2.33 bits per heavy atom. The number of nitrogens with zero attached hydrogens (tertiary/aromatic N) is 9. The van der Waals surface area contributed by atoms with Crippen molar-refractivity contribution in [2.75, 3.05) is 36.0 Å². The fraction of sp³-hybridized carbons (Fsp3) is 0.222. The predicted molar refractivity (Wildman–Crippen MR) is 100 cm³/mol. The van der Waals surface area contributed by atoms with Crippen molar-refractivity contribution in [3.63, 3.8) is 0 Å². The Labute approximate surface area is 155 Å². The van der Waals surface area contributed by atoms with E-state index < -0.39 is 0 Å². The van der Waals surface area contributed by atoms with Gasteiger partial charge in [0, 0.05) is 44.1 Å². The molecule has 1 aliphatic rings. The van der Waals surface area contributed by atoms with Crippen LogP contribution < -0.4 is 9.80 Å². The van der Waals surface area contributed by atoms with Gasteiger partial charge in [-0.05, 0) is 36.4 Å². The highest BCUT2D eigenvalue weighted by atomic mass is 15.4. The van der Waals surface area contributed by atoms with Gasteiger partial charge in [-0.2, -0.15) is 4.52 Å². The highest BCUT2D eigenvalue weighted by Crippen LogP contribution is 2.20.